The van der Waals surface area contributed by atoms with Crippen LogP contribution in [0.4, 0.5) is 4.39 Å². The lowest BCUT2D eigenvalue weighted by Crippen LogP contribution is -2.11. The first kappa shape index (κ1) is 13.7. The molecule has 0 unspecified atom stereocenters. The van der Waals surface area contributed by atoms with Crippen molar-refractivity contribution in [3.05, 3.63) is 66.0 Å². The third-order valence-corrected chi connectivity index (χ3v) is 2.85. The summed E-state index contributed by atoms with van der Waals surface area (Å²) in [6.07, 6.45) is 1.89. The normalized spacial score (nSPS) is 12.3. The van der Waals surface area contributed by atoms with Crippen LogP contribution in [0.3, 0.4) is 0 Å². The van der Waals surface area contributed by atoms with E-state index in [9.17, 15) is 4.39 Å². The molecule has 0 bridgehead atoms. The smallest absolute Gasteiger partial charge is 0.124 e. The summed E-state index contributed by atoms with van der Waals surface area (Å²) in [5.41, 5.74) is 1.99. The molecule has 2 nitrogen and oxygen atoms in total. The Morgan fingerprint density at radius 3 is 2.58 bits per heavy atom. The number of pyridine rings is 1. The first-order chi connectivity index (χ1) is 9.34. The molecule has 2 aromatic rings. The molecular weight excluding hydrogens is 241 g/mol. The van der Waals surface area contributed by atoms with Gasteiger partial charge in [-0.05, 0) is 30.5 Å². The highest BCUT2D eigenvalue weighted by molar-refractivity contribution is 5.13. The molecule has 0 saturated heterocycles. The molecule has 100 valence electrons. The first-order valence-electron chi connectivity index (χ1n) is 6.50. The van der Waals surface area contributed by atoms with Gasteiger partial charge in [0.1, 0.15) is 6.17 Å². The summed E-state index contributed by atoms with van der Waals surface area (Å²) in [5, 5.41) is 0. The van der Waals surface area contributed by atoms with Gasteiger partial charge >= 0.3 is 0 Å². The Labute approximate surface area is 113 Å². The maximum Gasteiger partial charge on any atom is 0.124 e. The Morgan fingerprint density at radius 2 is 1.84 bits per heavy atom. The van der Waals surface area contributed by atoms with Crippen molar-refractivity contribution in [2.24, 2.45) is 0 Å². The predicted molar refractivity (Wildman–Crippen MR) is 73.6 cm³/mol. The lowest BCUT2D eigenvalue weighted by atomic mass is 10.1. The van der Waals surface area contributed by atoms with Crippen LogP contribution in [-0.4, -0.2) is 17.8 Å². The molecule has 0 aliphatic rings. The fraction of sp³-hybridized carbons (Fsp3) is 0.312. The molecular formula is C16H18FNO. The molecule has 0 aliphatic heterocycles. The molecule has 1 heterocycles. The largest absolute Gasteiger partial charge is 0.374 e. The molecule has 0 amide bonds. The van der Waals surface area contributed by atoms with E-state index in [1.54, 1.807) is 6.20 Å². The van der Waals surface area contributed by atoms with E-state index in [4.69, 9.17) is 4.74 Å². The Balaban J connectivity index is 1.64. The lowest BCUT2D eigenvalue weighted by molar-refractivity contribution is 0.0665. The predicted octanol–water partition coefficient (Wildman–Crippen LogP) is 3.57. The van der Waals surface area contributed by atoms with E-state index in [0.717, 1.165) is 11.3 Å². The summed E-state index contributed by atoms with van der Waals surface area (Å²) in [6.45, 7) is 0.604. The van der Waals surface area contributed by atoms with Gasteiger partial charge in [0.2, 0.25) is 0 Å². The van der Waals surface area contributed by atoms with E-state index < -0.39 is 6.17 Å². The summed E-state index contributed by atoms with van der Waals surface area (Å²) in [4.78, 5) is 4.17. The minimum absolute atomic E-state index is 0.141. The topological polar surface area (TPSA) is 22.1 Å². The molecule has 0 spiro atoms. The first-order valence-corrected chi connectivity index (χ1v) is 6.50. The van der Waals surface area contributed by atoms with Crippen LogP contribution in [0, 0.1) is 0 Å². The molecule has 19 heavy (non-hydrogen) atoms. The fourth-order valence-electron chi connectivity index (χ4n) is 1.81. The van der Waals surface area contributed by atoms with E-state index in [1.165, 1.54) is 0 Å². The van der Waals surface area contributed by atoms with E-state index >= 15 is 0 Å². The lowest BCUT2D eigenvalue weighted by Gasteiger charge is -2.09. The Kier molecular flexibility index (Phi) is 5.50. The van der Waals surface area contributed by atoms with Gasteiger partial charge in [-0.15, -0.1) is 0 Å². The minimum Gasteiger partial charge on any atom is -0.374 e. The molecule has 1 aromatic carbocycles. The fourth-order valence-corrected chi connectivity index (χ4v) is 1.81. The van der Waals surface area contributed by atoms with Crippen LogP contribution in [0.2, 0.25) is 0 Å². The number of aromatic nitrogens is 1. The number of ether oxygens (including phenoxy) is 1. The van der Waals surface area contributed by atoms with Crippen LogP contribution in [0.25, 0.3) is 0 Å². The van der Waals surface area contributed by atoms with E-state index in [1.807, 2.05) is 48.5 Å². The Morgan fingerprint density at radius 1 is 1.05 bits per heavy atom. The average molecular weight is 259 g/mol. The summed E-state index contributed by atoms with van der Waals surface area (Å²) in [5.74, 6) is 0. The number of benzene rings is 1. The second-order valence-corrected chi connectivity index (χ2v) is 4.46. The van der Waals surface area contributed by atoms with Gasteiger partial charge in [-0.3, -0.25) is 4.98 Å². The standard InChI is InChI=1S/C16H18FNO/c17-15(9-10-16-8-4-5-11-18-16)13-19-12-14-6-2-1-3-7-14/h1-8,11,15H,9-10,12-13H2/t15-/m0/s1. The minimum atomic E-state index is -0.939. The highest BCUT2D eigenvalue weighted by atomic mass is 19.1. The van der Waals surface area contributed by atoms with Gasteiger partial charge in [0.05, 0.1) is 13.2 Å². The third-order valence-electron chi connectivity index (χ3n) is 2.85. The number of halogens is 1. The Hall–Kier alpha value is -1.74. The second kappa shape index (κ2) is 7.64. The van der Waals surface area contributed by atoms with E-state index in [2.05, 4.69) is 4.98 Å². The van der Waals surface area contributed by atoms with Crippen molar-refractivity contribution in [1.82, 2.24) is 4.98 Å². The number of rotatable bonds is 7. The van der Waals surface area contributed by atoms with Gasteiger partial charge in [0, 0.05) is 11.9 Å². The van der Waals surface area contributed by atoms with Crippen LogP contribution in [0.5, 0.6) is 0 Å². The monoisotopic (exact) mass is 259 g/mol. The van der Waals surface area contributed by atoms with Crippen molar-refractivity contribution < 1.29 is 9.13 Å². The maximum absolute atomic E-state index is 13.6. The summed E-state index contributed by atoms with van der Waals surface area (Å²) >= 11 is 0. The number of hydrogen-bond acceptors (Lipinski definition) is 2. The molecule has 2 rings (SSSR count). The molecule has 3 heteroatoms. The van der Waals surface area contributed by atoms with Crippen molar-refractivity contribution in [2.45, 2.75) is 25.6 Å². The van der Waals surface area contributed by atoms with Crippen LogP contribution in [0.1, 0.15) is 17.7 Å². The van der Waals surface area contributed by atoms with Crippen molar-refractivity contribution >= 4 is 0 Å². The summed E-state index contributed by atoms with van der Waals surface area (Å²) < 4.78 is 19.0. The quantitative estimate of drug-likeness (QED) is 0.758. The second-order valence-electron chi connectivity index (χ2n) is 4.46. The third kappa shape index (κ3) is 5.18. The van der Waals surface area contributed by atoms with E-state index in [0.29, 0.717) is 19.4 Å². The number of aryl methyl sites for hydroxylation is 1. The van der Waals surface area contributed by atoms with Gasteiger partial charge in [-0.2, -0.15) is 0 Å². The molecule has 0 N–H and O–H groups in total. The van der Waals surface area contributed by atoms with Crippen molar-refractivity contribution in [3.8, 4) is 0 Å². The van der Waals surface area contributed by atoms with Crippen molar-refractivity contribution in [3.63, 3.8) is 0 Å². The van der Waals surface area contributed by atoms with Crippen LogP contribution < -0.4 is 0 Å². The Bertz CT molecular complexity index is 461. The van der Waals surface area contributed by atoms with Gasteiger partial charge in [0.25, 0.3) is 0 Å². The summed E-state index contributed by atoms with van der Waals surface area (Å²) in [7, 11) is 0. The molecule has 0 saturated carbocycles. The van der Waals surface area contributed by atoms with Crippen LogP contribution in [-0.2, 0) is 17.8 Å². The van der Waals surface area contributed by atoms with Gasteiger partial charge in [-0.1, -0.05) is 36.4 Å². The zero-order valence-corrected chi connectivity index (χ0v) is 10.8. The molecule has 0 fully saturated rings. The molecule has 1 atom stereocenters. The van der Waals surface area contributed by atoms with Crippen molar-refractivity contribution in [2.75, 3.05) is 6.61 Å². The van der Waals surface area contributed by atoms with Gasteiger partial charge < -0.3 is 4.74 Å². The van der Waals surface area contributed by atoms with Crippen LogP contribution in [0.15, 0.2) is 54.7 Å². The average Bonchev–Trinajstić information content (AvgIpc) is 2.47. The molecule has 1 aromatic heterocycles. The highest BCUT2D eigenvalue weighted by Crippen LogP contribution is 2.07. The van der Waals surface area contributed by atoms with Crippen LogP contribution >= 0.6 is 0 Å². The highest BCUT2D eigenvalue weighted by Gasteiger charge is 2.07. The van der Waals surface area contributed by atoms with Gasteiger partial charge in [0.15, 0.2) is 0 Å². The van der Waals surface area contributed by atoms with Crippen molar-refractivity contribution in [1.29, 1.82) is 0 Å². The number of nitrogens with zero attached hydrogens (tertiary/aromatic N) is 1. The maximum atomic E-state index is 13.6. The number of alkyl halides is 1. The zero-order valence-electron chi connectivity index (χ0n) is 10.8. The molecule has 0 radical (unpaired) electrons. The summed E-state index contributed by atoms with van der Waals surface area (Å²) in [6, 6.07) is 15.5. The zero-order chi connectivity index (χ0) is 13.3. The van der Waals surface area contributed by atoms with Gasteiger partial charge in [-0.25, -0.2) is 4.39 Å². The van der Waals surface area contributed by atoms with E-state index in [-0.39, 0.29) is 6.61 Å². The molecule has 0 aliphatic carbocycles. The SMILES string of the molecule is F[C@@H](CCc1ccccn1)COCc1ccccc1. The number of hydrogen-bond donors (Lipinski definition) is 0.